The molecule has 0 saturated carbocycles. The fourth-order valence-electron chi connectivity index (χ4n) is 3.11. The van der Waals surface area contributed by atoms with Crippen molar-refractivity contribution in [1.82, 2.24) is 15.1 Å². The molecule has 0 radical (unpaired) electrons. The molecule has 0 aliphatic carbocycles. The zero-order valence-electron chi connectivity index (χ0n) is 15.7. The van der Waals surface area contributed by atoms with Gasteiger partial charge >= 0.3 is 0 Å². The molecule has 3 rings (SSSR count). The van der Waals surface area contributed by atoms with E-state index in [0.29, 0.717) is 22.2 Å². The van der Waals surface area contributed by atoms with Crippen LogP contribution in [0.2, 0.25) is 4.34 Å². The Bertz CT molecular complexity index is 984. The van der Waals surface area contributed by atoms with Crippen molar-refractivity contribution in [3.8, 4) is 11.3 Å². The van der Waals surface area contributed by atoms with Gasteiger partial charge in [0.1, 0.15) is 10.2 Å². The standard InChI is InChI=1S/C20H22ClFN4OS/c1-3-26-18(12(2)11-24-26)16-9-17(28-19(16)21)20(27)25-15(10-23)8-13-5-4-6-14(22)7-13/h4-7,9,11,15H,3,8,10,23H2,1-2H3,(H,25,27)/t15-/m0/s1. The lowest BCUT2D eigenvalue weighted by molar-refractivity contribution is 0.0942. The Morgan fingerprint density at radius 3 is 2.89 bits per heavy atom. The molecule has 0 unspecified atom stereocenters. The first-order valence-corrected chi connectivity index (χ1v) is 10.2. The van der Waals surface area contributed by atoms with Gasteiger partial charge in [-0.2, -0.15) is 5.10 Å². The number of rotatable bonds is 7. The number of hydrogen-bond acceptors (Lipinski definition) is 4. The molecule has 2 aromatic heterocycles. The van der Waals surface area contributed by atoms with Crippen molar-refractivity contribution in [1.29, 1.82) is 0 Å². The number of nitrogens with two attached hydrogens (primary N) is 1. The van der Waals surface area contributed by atoms with Crippen LogP contribution >= 0.6 is 22.9 Å². The minimum absolute atomic E-state index is 0.245. The second-order valence-corrected chi connectivity index (χ2v) is 8.18. The Hall–Kier alpha value is -2.22. The SMILES string of the molecule is CCn1ncc(C)c1-c1cc(C(=O)N[C@H](CN)Cc2cccc(F)c2)sc1Cl. The molecule has 1 atom stereocenters. The van der Waals surface area contributed by atoms with Crippen LogP contribution in [0.4, 0.5) is 4.39 Å². The summed E-state index contributed by atoms with van der Waals surface area (Å²) in [4.78, 5) is 13.2. The minimum atomic E-state index is -0.308. The topological polar surface area (TPSA) is 72.9 Å². The molecule has 148 valence electrons. The highest BCUT2D eigenvalue weighted by Gasteiger charge is 2.21. The molecule has 2 heterocycles. The van der Waals surface area contributed by atoms with Gasteiger partial charge in [-0.15, -0.1) is 11.3 Å². The molecule has 0 spiro atoms. The van der Waals surface area contributed by atoms with Gasteiger partial charge in [0.2, 0.25) is 0 Å². The van der Waals surface area contributed by atoms with E-state index in [-0.39, 0.29) is 24.3 Å². The average molecular weight is 421 g/mol. The summed E-state index contributed by atoms with van der Waals surface area (Å²) in [5.74, 6) is -0.553. The number of aryl methyl sites for hydroxylation is 2. The summed E-state index contributed by atoms with van der Waals surface area (Å²) < 4.78 is 15.8. The number of carbonyl (C=O) groups excluding carboxylic acids is 1. The largest absolute Gasteiger partial charge is 0.347 e. The predicted octanol–water partition coefficient (Wildman–Crippen LogP) is 4.03. The summed E-state index contributed by atoms with van der Waals surface area (Å²) in [5.41, 5.74) is 9.30. The third-order valence-corrected chi connectivity index (χ3v) is 5.84. The van der Waals surface area contributed by atoms with Crippen LogP contribution in [0.3, 0.4) is 0 Å². The van der Waals surface area contributed by atoms with E-state index in [1.54, 1.807) is 18.3 Å². The smallest absolute Gasteiger partial charge is 0.261 e. The number of aromatic nitrogens is 2. The summed E-state index contributed by atoms with van der Waals surface area (Å²) in [6, 6.07) is 7.77. The van der Waals surface area contributed by atoms with E-state index < -0.39 is 0 Å². The molecule has 8 heteroatoms. The lowest BCUT2D eigenvalue weighted by atomic mass is 10.1. The second-order valence-electron chi connectivity index (χ2n) is 6.53. The summed E-state index contributed by atoms with van der Waals surface area (Å²) in [6.45, 7) is 4.92. The van der Waals surface area contributed by atoms with E-state index >= 15 is 0 Å². The van der Waals surface area contributed by atoms with Gasteiger partial charge in [0.15, 0.2) is 0 Å². The molecule has 0 saturated heterocycles. The van der Waals surface area contributed by atoms with Crippen molar-refractivity contribution in [2.45, 2.75) is 32.9 Å². The van der Waals surface area contributed by atoms with E-state index in [4.69, 9.17) is 17.3 Å². The number of thiophene rings is 1. The molecule has 0 aliphatic heterocycles. The maximum absolute atomic E-state index is 13.4. The predicted molar refractivity (Wildman–Crippen MR) is 111 cm³/mol. The molecule has 28 heavy (non-hydrogen) atoms. The number of benzene rings is 1. The minimum Gasteiger partial charge on any atom is -0.347 e. The zero-order valence-corrected chi connectivity index (χ0v) is 17.3. The Morgan fingerprint density at radius 2 is 2.21 bits per heavy atom. The van der Waals surface area contributed by atoms with E-state index in [1.165, 1.54) is 23.5 Å². The normalized spacial score (nSPS) is 12.2. The number of nitrogens with zero attached hydrogens (tertiary/aromatic N) is 2. The van der Waals surface area contributed by atoms with Gasteiger partial charge in [0.25, 0.3) is 5.91 Å². The first-order valence-electron chi connectivity index (χ1n) is 9.00. The van der Waals surface area contributed by atoms with Crippen LogP contribution in [-0.2, 0) is 13.0 Å². The van der Waals surface area contributed by atoms with E-state index in [2.05, 4.69) is 10.4 Å². The number of nitrogens with one attached hydrogen (secondary N) is 1. The van der Waals surface area contributed by atoms with Gasteiger partial charge in [0.05, 0.1) is 16.8 Å². The van der Waals surface area contributed by atoms with Crippen molar-refractivity contribution in [3.63, 3.8) is 0 Å². The van der Waals surface area contributed by atoms with E-state index in [9.17, 15) is 9.18 Å². The van der Waals surface area contributed by atoms with Crippen LogP contribution in [0, 0.1) is 12.7 Å². The highest BCUT2D eigenvalue weighted by molar-refractivity contribution is 7.18. The van der Waals surface area contributed by atoms with Gasteiger partial charge in [0, 0.05) is 24.7 Å². The van der Waals surface area contributed by atoms with Gasteiger partial charge in [-0.25, -0.2) is 4.39 Å². The fourth-order valence-corrected chi connectivity index (χ4v) is 4.29. The Morgan fingerprint density at radius 1 is 1.43 bits per heavy atom. The second kappa shape index (κ2) is 8.86. The first kappa shape index (κ1) is 20.5. The summed E-state index contributed by atoms with van der Waals surface area (Å²) in [5, 5.41) is 7.26. The van der Waals surface area contributed by atoms with Crippen molar-refractivity contribution in [3.05, 3.63) is 62.7 Å². The molecular formula is C20H22ClFN4OS. The third-order valence-electron chi connectivity index (χ3n) is 4.48. The summed E-state index contributed by atoms with van der Waals surface area (Å²) in [7, 11) is 0. The van der Waals surface area contributed by atoms with Crippen LogP contribution in [0.15, 0.2) is 36.5 Å². The van der Waals surface area contributed by atoms with E-state index in [0.717, 1.165) is 22.4 Å². The van der Waals surface area contributed by atoms with Crippen LogP contribution in [0.25, 0.3) is 11.3 Å². The van der Waals surface area contributed by atoms with Crippen molar-refractivity contribution < 1.29 is 9.18 Å². The lowest BCUT2D eigenvalue weighted by Gasteiger charge is -2.16. The van der Waals surface area contributed by atoms with Crippen LogP contribution < -0.4 is 11.1 Å². The Balaban J connectivity index is 1.78. The Labute approximate surface area is 172 Å². The van der Waals surface area contributed by atoms with Crippen molar-refractivity contribution in [2.75, 3.05) is 6.54 Å². The monoisotopic (exact) mass is 420 g/mol. The summed E-state index contributed by atoms with van der Waals surface area (Å²) >= 11 is 7.65. The van der Waals surface area contributed by atoms with Crippen LogP contribution in [0.5, 0.6) is 0 Å². The summed E-state index contributed by atoms with van der Waals surface area (Å²) in [6.07, 6.45) is 2.24. The molecule has 1 amide bonds. The molecular weight excluding hydrogens is 399 g/mol. The highest BCUT2D eigenvalue weighted by atomic mass is 35.5. The molecule has 0 aliphatic rings. The highest BCUT2D eigenvalue weighted by Crippen LogP contribution is 2.37. The average Bonchev–Trinajstić information content (AvgIpc) is 3.23. The van der Waals surface area contributed by atoms with Crippen LogP contribution in [-0.4, -0.2) is 28.3 Å². The maximum Gasteiger partial charge on any atom is 0.261 e. The third kappa shape index (κ3) is 4.43. The van der Waals surface area contributed by atoms with E-state index in [1.807, 2.05) is 24.6 Å². The zero-order chi connectivity index (χ0) is 20.3. The van der Waals surface area contributed by atoms with Gasteiger partial charge in [-0.3, -0.25) is 9.48 Å². The number of hydrogen-bond donors (Lipinski definition) is 2. The Kier molecular flexibility index (Phi) is 6.49. The van der Waals surface area contributed by atoms with Gasteiger partial charge in [-0.05, 0) is 49.6 Å². The number of amides is 1. The molecule has 5 nitrogen and oxygen atoms in total. The molecule has 1 aromatic carbocycles. The van der Waals surface area contributed by atoms with Crippen molar-refractivity contribution in [2.24, 2.45) is 5.73 Å². The lowest BCUT2D eigenvalue weighted by Crippen LogP contribution is -2.41. The fraction of sp³-hybridized carbons (Fsp3) is 0.300. The van der Waals surface area contributed by atoms with Crippen LogP contribution in [0.1, 0.15) is 27.7 Å². The molecule has 3 N–H and O–H groups in total. The number of carbonyl (C=O) groups is 1. The quantitative estimate of drug-likeness (QED) is 0.606. The number of halogens is 2. The van der Waals surface area contributed by atoms with Crippen molar-refractivity contribution >= 4 is 28.8 Å². The molecule has 3 aromatic rings. The molecule has 0 bridgehead atoms. The first-order chi connectivity index (χ1) is 13.4. The maximum atomic E-state index is 13.4. The van der Waals surface area contributed by atoms with Gasteiger partial charge in [-0.1, -0.05) is 23.7 Å². The van der Waals surface area contributed by atoms with Gasteiger partial charge < -0.3 is 11.1 Å². The molecule has 0 fully saturated rings.